The van der Waals surface area contributed by atoms with Crippen LogP contribution in [0.2, 0.25) is 0 Å². The molecule has 0 saturated carbocycles. The van der Waals surface area contributed by atoms with Gasteiger partial charge in [-0.15, -0.1) is 0 Å². The second-order valence-corrected chi connectivity index (χ2v) is 7.14. The van der Waals surface area contributed by atoms with Gasteiger partial charge in [0.25, 0.3) is 5.65 Å². The number of likely N-dealkylation sites (tertiary alicyclic amines) is 1. The fourth-order valence-corrected chi connectivity index (χ4v) is 3.61. The van der Waals surface area contributed by atoms with Crippen molar-refractivity contribution in [3.63, 3.8) is 0 Å². The molecule has 129 valence electrons. The molecule has 2 aliphatic rings. The standard InChI is InChI=1S/C13H18BN3O5PS/c18-11(15-8-3-1-2-7(4-8)12(19)20)10-5-9(24)6-17(10)13(21)23-16-14-22/h1-2,4,8-10,16,22-24H,3,5-6H2,(H,15,18)(H,19,20)/t8?,9-,10-/m0/s1. The van der Waals surface area contributed by atoms with Crippen LogP contribution in [0.15, 0.2) is 23.8 Å². The van der Waals surface area contributed by atoms with Crippen molar-refractivity contribution >= 4 is 46.5 Å². The first-order chi connectivity index (χ1) is 11.4. The van der Waals surface area contributed by atoms with Crippen molar-refractivity contribution in [1.82, 2.24) is 15.2 Å². The molecule has 2 rings (SSSR count). The number of aliphatic carboxylic acids is 1. The Balaban J connectivity index is 2.01. The molecule has 0 spiro atoms. The van der Waals surface area contributed by atoms with Gasteiger partial charge in [-0.3, -0.25) is 9.59 Å². The molecule has 24 heavy (non-hydrogen) atoms. The van der Waals surface area contributed by atoms with Crippen LogP contribution in [0.5, 0.6) is 0 Å². The van der Waals surface area contributed by atoms with Gasteiger partial charge in [-0.1, -0.05) is 12.2 Å². The topological polar surface area (TPSA) is 119 Å². The maximum Gasteiger partial charge on any atom is 0.397 e. The third-order valence-corrected chi connectivity index (χ3v) is 4.88. The number of thiol groups is 1. The zero-order valence-corrected chi connectivity index (χ0v) is 14.6. The minimum Gasteiger partial charge on any atom is -0.478 e. The number of carboxylic acid groups (broad SMARTS) is 1. The zero-order valence-electron chi connectivity index (χ0n) is 12.7. The number of hydrogen-bond donors (Lipinski definition) is 5. The van der Waals surface area contributed by atoms with Gasteiger partial charge in [0.05, 0.1) is 11.6 Å². The first kappa shape index (κ1) is 19.0. The highest BCUT2D eigenvalue weighted by atomic mass is 32.1. The van der Waals surface area contributed by atoms with Crippen molar-refractivity contribution in [3.05, 3.63) is 23.8 Å². The van der Waals surface area contributed by atoms with Gasteiger partial charge < -0.3 is 25.3 Å². The van der Waals surface area contributed by atoms with E-state index in [9.17, 15) is 14.4 Å². The first-order valence-corrected chi connectivity index (χ1v) is 8.82. The number of rotatable bonds is 6. The molecule has 1 radical (unpaired) electrons. The Kier molecular flexibility index (Phi) is 6.85. The second-order valence-electron chi connectivity index (χ2n) is 5.44. The smallest absolute Gasteiger partial charge is 0.397 e. The lowest BCUT2D eigenvalue weighted by Crippen LogP contribution is -2.48. The van der Waals surface area contributed by atoms with Crippen molar-refractivity contribution in [2.24, 2.45) is 0 Å². The summed E-state index contributed by atoms with van der Waals surface area (Å²) in [5, 5.41) is 20.3. The van der Waals surface area contributed by atoms with Crippen LogP contribution in [0, 0.1) is 0 Å². The number of hydrogen-bond acceptors (Lipinski definition) is 6. The molecular weight excluding hydrogens is 352 g/mol. The van der Waals surface area contributed by atoms with E-state index in [1.807, 2.05) is 0 Å². The van der Waals surface area contributed by atoms with Crippen LogP contribution >= 0.6 is 21.4 Å². The predicted molar refractivity (Wildman–Crippen MR) is 94.1 cm³/mol. The van der Waals surface area contributed by atoms with Crippen molar-refractivity contribution in [3.8, 4) is 0 Å². The van der Waals surface area contributed by atoms with E-state index in [4.69, 9.17) is 10.1 Å². The van der Waals surface area contributed by atoms with Crippen LogP contribution in [0.4, 0.5) is 4.79 Å². The van der Waals surface area contributed by atoms with Crippen LogP contribution in [-0.2, 0) is 9.59 Å². The molecule has 11 heteroatoms. The number of nitrogens with one attached hydrogen (secondary N) is 2. The number of nitrogens with zero attached hydrogens (tertiary/aromatic N) is 1. The quantitative estimate of drug-likeness (QED) is 0.248. The van der Waals surface area contributed by atoms with Gasteiger partial charge in [-0.2, -0.15) is 12.6 Å². The fourth-order valence-electron chi connectivity index (χ4n) is 2.66. The SMILES string of the molecule is O=C(O)C1=CC(NC(=O)[C@@H]2C[C@H](S)CN2C(=O)PN[B]O)CC=C1. The van der Waals surface area contributed by atoms with Gasteiger partial charge in [-0.05, 0) is 18.9 Å². The van der Waals surface area contributed by atoms with Crippen LogP contribution in [0.1, 0.15) is 12.8 Å². The Labute approximate surface area is 147 Å². The van der Waals surface area contributed by atoms with Gasteiger partial charge in [0.15, 0.2) is 0 Å². The van der Waals surface area contributed by atoms with Crippen molar-refractivity contribution in [2.75, 3.05) is 6.54 Å². The highest BCUT2D eigenvalue weighted by Gasteiger charge is 2.38. The summed E-state index contributed by atoms with van der Waals surface area (Å²) in [6.45, 7) is 0.348. The van der Waals surface area contributed by atoms with E-state index in [1.54, 1.807) is 6.08 Å². The summed E-state index contributed by atoms with van der Waals surface area (Å²) in [5.74, 6) is -1.38. The average Bonchev–Trinajstić information content (AvgIpc) is 2.95. The van der Waals surface area contributed by atoms with Gasteiger partial charge in [0.2, 0.25) is 5.91 Å². The molecule has 1 aliphatic carbocycles. The minimum absolute atomic E-state index is 0.107. The van der Waals surface area contributed by atoms with Gasteiger partial charge in [0.1, 0.15) is 6.04 Å². The van der Waals surface area contributed by atoms with Crippen LogP contribution in [0.25, 0.3) is 0 Å². The van der Waals surface area contributed by atoms with E-state index in [0.717, 1.165) is 0 Å². The maximum atomic E-state index is 12.5. The van der Waals surface area contributed by atoms with Crippen molar-refractivity contribution < 1.29 is 24.5 Å². The van der Waals surface area contributed by atoms with E-state index in [0.29, 0.717) is 27.0 Å². The molecule has 8 nitrogen and oxygen atoms in total. The molecule has 1 fully saturated rings. The van der Waals surface area contributed by atoms with Gasteiger partial charge >= 0.3 is 13.6 Å². The summed E-state index contributed by atoms with van der Waals surface area (Å²) in [6.07, 6.45) is 5.60. The molecular formula is C13H18BN3O5PS. The molecule has 0 aromatic carbocycles. The molecule has 2 amide bonds. The maximum absolute atomic E-state index is 12.5. The molecule has 4 atom stereocenters. The van der Waals surface area contributed by atoms with E-state index >= 15 is 0 Å². The number of carbonyl (C=O) groups is 3. The zero-order chi connectivity index (χ0) is 17.7. The normalized spacial score (nSPS) is 26.5. The summed E-state index contributed by atoms with van der Waals surface area (Å²) >= 11 is 4.35. The summed E-state index contributed by atoms with van der Waals surface area (Å²) in [4.78, 5) is 39.5. The number of carbonyl (C=O) groups excluding carboxylic acids is 2. The van der Waals surface area contributed by atoms with E-state index < -0.39 is 18.1 Å². The summed E-state index contributed by atoms with van der Waals surface area (Å²) in [7, 11) is 0.312. The number of amides is 2. The fraction of sp³-hybridized carbons (Fsp3) is 0.462. The van der Waals surface area contributed by atoms with Crippen molar-refractivity contribution in [1.29, 1.82) is 0 Å². The molecule has 0 bridgehead atoms. The van der Waals surface area contributed by atoms with E-state index in [2.05, 4.69) is 22.9 Å². The Morgan fingerprint density at radius 3 is 2.83 bits per heavy atom. The third kappa shape index (κ3) is 4.83. The van der Waals surface area contributed by atoms with Crippen LogP contribution in [-0.4, -0.2) is 64.1 Å². The Morgan fingerprint density at radius 1 is 1.42 bits per heavy atom. The highest BCUT2D eigenvalue weighted by Crippen LogP contribution is 2.27. The molecule has 2 unspecified atom stereocenters. The lowest BCUT2D eigenvalue weighted by Gasteiger charge is -2.26. The molecule has 1 saturated heterocycles. The Hall–Kier alpha value is -1.35. The van der Waals surface area contributed by atoms with Gasteiger partial charge in [0, 0.05) is 20.5 Å². The summed E-state index contributed by atoms with van der Waals surface area (Å²) in [5.41, 5.74) is -0.163. The first-order valence-electron chi connectivity index (χ1n) is 7.30. The van der Waals surface area contributed by atoms with E-state index in [-0.39, 0.29) is 31.1 Å². The lowest BCUT2D eigenvalue weighted by molar-refractivity contribution is -0.132. The largest absolute Gasteiger partial charge is 0.478 e. The Morgan fingerprint density at radius 2 is 2.17 bits per heavy atom. The van der Waals surface area contributed by atoms with E-state index in [1.165, 1.54) is 17.1 Å². The molecule has 0 aromatic heterocycles. The van der Waals surface area contributed by atoms with Crippen LogP contribution in [0.3, 0.4) is 0 Å². The molecule has 4 N–H and O–H groups in total. The molecule has 1 heterocycles. The molecule has 1 aliphatic heterocycles. The third-order valence-electron chi connectivity index (χ3n) is 3.73. The lowest BCUT2D eigenvalue weighted by atomic mass is 10.0. The Bertz CT molecular complexity index is 588. The molecule has 0 aromatic rings. The minimum atomic E-state index is -1.05. The average molecular weight is 370 g/mol. The number of carboxylic acids is 1. The predicted octanol–water partition coefficient (Wildman–Crippen LogP) is -0.356. The van der Waals surface area contributed by atoms with Crippen LogP contribution < -0.4 is 10.3 Å². The summed E-state index contributed by atoms with van der Waals surface area (Å²) < 4.78 is 0. The van der Waals surface area contributed by atoms with Gasteiger partial charge in [-0.25, -0.2) is 4.79 Å². The monoisotopic (exact) mass is 370 g/mol. The highest BCUT2D eigenvalue weighted by molar-refractivity contribution is 7.81. The van der Waals surface area contributed by atoms with Crippen molar-refractivity contribution in [2.45, 2.75) is 30.2 Å². The second kappa shape index (κ2) is 8.66. The summed E-state index contributed by atoms with van der Waals surface area (Å²) in [6, 6.07) is -1.07.